The Balaban J connectivity index is 2.06. The Morgan fingerprint density at radius 1 is 0.938 bits per heavy atom. The van der Waals surface area contributed by atoms with E-state index in [0.717, 1.165) is 6.54 Å². The Hall–Kier alpha value is -1.76. The zero-order chi connectivity index (χ0) is 11.0. The number of hydrogen-bond donors (Lipinski definition) is 0. The lowest BCUT2D eigenvalue weighted by Gasteiger charge is -2.12. The van der Waals surface area contributed by atoms with Crippen LogP contribution in [0.1, 0.15) is 5.56 Å². The van der Waals surface area contributed by atoms with Crippen molar-refractivity contribution in [2.75, 3.05) is 18.5 Å². The van der Waals surface area contributed by atoms with E-state index in [9.17, 15) is 0 Å². The molecule has 0 fully saturated rings. The molecule has 0 N–H and O–H groups in total. The van der Waals surface area contributed by atoms with Crippen molar-refractivity contribution in [3.63, 3.8) is 0 Å². The van der Waals surface area contributed by atoms with Crippen LogP contribution in [0.3, 0.4) is 0 Å². The molecule has 0 saturated heterocycles. The molecule has 0 radical (unpaired) electrons. The second-order valence-electron chi connectivity index (χ2n) is 4.38. The number of anilines is 1. The molecular weight excluding hydrogens is 194 g/mol. The number of hydrogen-bond acceptors (Lipinski definition) is 1. The molecule has 0 atom stereocenters. The molecule has 0 saturated carbocycles. The van der Waals surface area contributed by atoms with Crippen LogP contribution in [0.2, 0.25) is 0 Å². The minimum absolute atomic E-state index is 1.15. The fraction of sp³-hybridized carbons (Fsp3) is 0.200. The number of likely N-dealkylation sites (N-methyl/N-ethyl adjacent to an activating group) is 1. The highest BCUT2D eigenvalue weighted by atomic mass is 15.1. The van der Waals surface area contributed by atoms with Crippen LogP contribution >= 0.6 is 0 Å². The van der Waals surface area contributed by atoms with Gasteiger partial charge in [-0.1, -0.05) is 36.4 Å². The summed E-state index contributed by atoms with van der Waals surface area (Å²) in [5.74, 6) is 0. The molecule has 0 amide bonds. The summed E-state index contributed by atoms with van der Waals surface area (Å²) >= 11 is 0. The van der Waals surface area contributed by atoms with E-state index < -0.39 is 0 Å². The highest BCUT2D eigenvalue weighted by Gasteiger charge is 2.15. The quantitative estimate of drug-likeness (QED) is 0.696. The molecule has 1 nitrogen and oxygen atoms in total. The van der Waals surface area contributed by atoms with E-state index in [-0.39, 0.29) is 0 Å². The van der Waals surface area contributed by atoms with E-state index >= 15 is 0 Å². The molecular formula is C15H15N. The first-order chi connectivity index (χ1) is 7.84. The minimum atomic E-state index is 1.15. The van der Waals surface area contributed by atoms with E-state index in [2.05, 4.69) is 60.5 Å². The van der Waals surface area contributed by atoms with Crippen LogP contribution in [0.5, 0.6) is 0 Å². The zero-order valence-corrected chi connectivity index (χ0v) is 9.48. The molecule has 0 unspecified atom stereocenters. The Kier molecular flexibility index (Phi) is 2.17. The number of nitrogens with zero attached hydrogens (tertiary/aromatic N) is 1. The van der Waals surface area contributed by atoms with Gasteiger partial charge in [0.25, 0.3) is 0 Å². The Labute approximate surface area is 96.3 Å². The summed E-state index contributed by atoms with van der Waals surface area (Å²) in [6, 6.07) is 17.4. The van der Waals surface area contributed by atoms with Crippen molar-refractivity contribution >= 4 is 5.69 Å². The normalized spacial score (nSPS) is 13.9. The van der Waals surface area contributed by atoms with Crippen LogP contribution < -0.4 is 4.90 Å². The van der Waals surface area contributed by atoms with Crippen LogP contribution in [-0.4, -0.2) is 13.6 Å². The second-order valence-corrected chi connectivity index (χ2v) is 4.38. The first-order valence-electron chi connectivity index (χ1n) is 5.74. The molecule has 0 aromatic heterocycles. The third-order valence-corrected chi connectivity index (χ3v) is 3.31. The molecule has 2 aromatic carbocycles. The molecule has 0 bridgehead atoms. The number of rotatable bonds is 1. The first kappa shape index (κ1) is 9.46. The van der Waals surface area contributed by atoms with Gasteiger partial charge in [-0.3, -0.25) is 0 Å². The van der Waals surface area contributed by atoms with Crippen molar-refractivity contribution < 1.29 is 0 Å². The van der Waals surface area contributed by atoms with Crippen molar-refractivity contribution in [2.45, 2.75) is 6.42 Å². The Morgan fingerprint density at radius 2 is 1.75 bits per heavy atom. The molecule has 3 rings (SSSR count). The minimum Gasteiger partial charge on any atom is -0.374 e. The van der Waals surface area contributed by atoms with Gasteiger partial charge in [0, 0.05) is 19.3 Å². The maximum atomic E-state index is 2.33. The summed E-state index contributed by atoms with van der Waals surface area (Å²) in [5.41, 5.74) is 5.50. The van der Waals surface area contributed by atoms with Crippen molar-refractivity contribution in [3.05, 3.63) is 54.1 Å². The first-order valence-corrected chi connectivity index (χ1v) is 5.74. The van der Waals surface area contributed by atoms with Gasteiger partial charge < -0.3 is 4.90 Å². The molecule has 1 heteroatoms. The van der Waals surface area contributed by atoms with Gasteiger partial charge in [0.1, 0.15) is 0 Å². The van der Waals surface area contributed by atoms with Crippen LogP contribution in [0.15, 0.2) is 48.5 Å². The van der Waals surface area contributed by atoms with Crippen LogP contribution in [0.25, 0.3) is 11.1 Å². The van der Waals surface area contributed by atoms with E-state index in [1.807, 2.05) is 0 Å². The van der Waals surface area contributed by atoms with Crippen LogP contribution in [0.4, 0.5) is 5.69 Å². The average Bonchev–Trinajstić information content (AvgIpc) is 2.72. The van der Waals surface area contributed by atoms with E-state index in [1.165, 1.54) is 28.8 Å². The molecule has 80 valence electrons. The topological polar surface area (TPSA) is 3.24 Å². The fourth-order valence-electron chi connectivity index (χ4n) is 2.38. The smallest absolute Gasteiger partial charge is 0.0397 e. The van der Waals surface area contributed by atoms with E-state index in [1.54, 1.807) is 0 Å². The summed E-state index contributed by atoms with van der Waals surface area (Å²) in [7, 11) is 2.16. The maximum absolute atomic E-state index is 2.33. The highest BCUT2D eigenvalue weighted by molar-refractivity contribution is 5.70. The highest BCUT2D eigenvalue weighted by Crippen LogP contribution is 2.31. The summed E-state index contributed by atoms with van der Waals surface area (Å²) in [5, 5.41) is 0. The van der Waals surface area contributed by atoms with Crippen LogP contribution in [0, 0.1) is 0 Å². The van der Waals surface area contributed by atoms with Gasteiger partial charge in [-0.05, 0) is 35.2 Å². The van der Waals surface area contributed by atoms with Gasteiger partial charge in [-0.25, -0.2) is 0 Å². The van der Waals surface area contributed by atoms with Gasteiger partial charge in [0.05, 0.1) is 0 Å². The number of fused-ring (bicyclic) bond motifs is 1. The largest absolute Gasteiger partial charge is 0.374 e. The summed E-state index contributed by atoms with van der Waals surface area (Å²) in [4.78, 5) is 2.32. The lowest BCUT2D eigenvalue weighted by molar-refractivity contribution is 0.956. The fourth-order valence-corrected chi connectivity index (χ4v) is 2.38. The summed E-state index contributed by atoms with van der Waals surface area (Å²) < 4.78 is 0. The summed E-state index contributed by atoms with van der Waals surface area (Å²) in [6.07, 6.45) is 1.17. The van der Waals surface area contributed by atoms with Gasteiger partial charge in [-0.2, -0.15) is 0 Å². The van der Waals surface area contributed by atoms with Crippen molar-refractivity contribution in [1.29, 1.82) is 0 Å². The Bertz CT molecular complexity index is 502. The third kappa shape index (κ3) is 1.49. The number of benzene rings is 2. The molecule has 2 aromatic rings. The average molecular weight is 209 g/mol. The zero-order valence-electron chi connectivity index (χ0n) is 9.48. The lowest BCUT2D eigenvalue weighted by Crippen LogP contribution is -2.12. The maximum Gasteiger partial charge on any atom is 0.0397 e. The van der Waals surface area contributed by atoms with E-state index in [0.29, 0.717) is 0 Å². The van der Waals surface area contributed by atoms with Gasteiger partial charge >= 0.3 is 0 Å². The molecule has 1 aliphatic heterocycles. The third-order valence-electron chi connectivity index (χ3n) is 3.31. The van der Waals surface area contributed by atoms with Gasteiger partial charge in [0.2, 0.25) is 0 Å². The monoisotopic (exact) mass is 209 g/mol. The van der Waals surface area contributed by atoms with Crippen molar-refractivity contribution in [2.24, 2.45) is 0 Å². The predicted molar refractivity (Wildman–Crippen MR) is 68.9 cm³/mol. The Morgan fingerprint density at radius 3 is 2.56 bits per heavy atom. The van der Waals surface area contributed by atoms with Gasteiger partial charge in [0.15, 0.2) is 0 Å². The standard InChI is InChI=1S/C15H15N/c1-16-10-9-14-11-13(7-8-15(14)16)12-5-3-2-4-6-12/h2-8,11H,9-10H2,1H3. The predicted octanol–water partition coefficient (Wildman–Crippen LogP) is 3.35. The molecule has 1 aliphatic rings. The molecule has 1 heterocycles. The van der Waals surface area contributed by atoms with Crippen LogP contribution in [-0.2, 0) is 6.42 Å². The summed E-state index contributed by atoms with van der Waals surface area (Å²) in [6.45, 7) is 1.15. The molecule has 0 aliphatic carbocycles. The SMILES string of the molecule is CN1CCc2cc(-c3ccccc3)ccc21. The van der Waals surface area contributed by atoms with Crippen molar-refractivity contribution in [1.82, 2.24) is 0 Å². The second kappa shape index (κ2) is 3.67. The van der Waals surface area contributed by atoms with E-state index in [4.69, 9.17) is 0 Å². The lowest BCUT2D eigenvalue weighted by atomic mass is 10.0. The molecule has 16 heavy (non-hydrogen) atoms. The van der Waals surface area contributed by atoms with Gasteiger partial charge in [-0.15, -0.1) is 0 Å². The van der Waals surface area contributed by atoms with Crippen molar-refractivity contribution in [3.8, 4) is 11.1 Å². The molecule has 0 spiro atoms.